The number of hydrogen-bond donors (Lipinski definition) is 1. The molecule has 0 bridgehead atoms. The minimum absolute atomic E-state index is 0.326. The maximum Gasteiger partial charge on any atom is 0.325 e. The number of benzene rings is 1. The number of nitrogens with one attached hydrogen (secondary N) is 1. The first-order chi connectivity index (χ1) is 11.0. The quantitative estimate of drug-likeness (QED) is 0.808. The fourth-order valence-electron chi connectivity index (χ4n) is 3.11. The Morgan fingerprint density at radius 3 is 2.48 bits per heavy atom. The molecule has 1 aromatic heterocycles. The number of urea groups is 1. The average Bonchev–Trinajstić information content (AvgIpc) is 3.06. The number of aromatic nitrogens is 3. The normalized spacial score (nSPS) is 22.9. The van der Waals surface area contributed by atoms with Crippen LogP contribution in [0.15, 0.2) is 28.7 Å². The van der Waals surface area contributed by atoms with Crippen LogP contribution in [0.25, 0.3) is 11.4 Å². The fourth-order valence-corrected chi connectivity index (χ4v) is 3.38. The molecule has 9 heteroatoms. The number of anilines is 1. The molecule has 23 heavy (non-hydrogen) atoms. The van der Waals surface area contributed by atoms with Crippen molar-refractivity contribution in [1.82, 2.24) is 25.0 Å². The van der Waals surface area contributed by atoms with Crippen LogP contribution in [0.2, 0.25) is 0 Å². The number of carbonyl (C=O) groups excluding carboxylic acids is 2. The fraction of sp³-hybridized carbons (Fsp3) is 0.286. The first-order valence-corrected chi connectivity index (χ1v) is 7.79. The van der Waals surface area contributed by atoms with Gasteiger partial charge in [-0.25, -0.2) is 4.79 Å². The number of fused-ring (bicyclic) bond motifs is 3. The predicted molar refractivity (Wildman–Crippen MR) is 85.7 cm³/mol. The van der Waals surface area contributed by atoms with Crippen molar-refractivity contribution in [3.63, 3.8) is 0 Å². The highest BCUT2D eigenvalue weighted by atomic mass is 79.9. The van der Waals surface area contributed by atoms with Crippen molar-refractivity contribution in [3.8, 4) is 11.4 Å². The molecule has 2 atom stereocenters. The van der Waals surface area contributed by atoms with Crippen molar-refractivity contribution in [1.29, 1.82) is 0 Å². The summed E-state index contributed by atoms with van der Waals surface area (Å²) in [5, 5.41) is 10.8. The van der Waals surface area contributed by atoms with Gasteiger partial charge < -0.3 is 9.80 Å². The Morgan fingerprint density at radius 1 is 1.09 bits per heavy atom. The topological polar surface area (TPSA) is 83.4 Å². The molecule has 1 fully saturated rings. The van der Waals surface area contributed by atoms with E-state index in [1.54, 1.807) is 19.0 Å². The second-order valence-corrected chi connectivity index (χ2v) is 6.49. The van der Waals surface area contributed by atoms with Gasteiger partial charge in [-0.15, -0.1) is 10.2 Å². The van der Waals surface area contributed by atoms with Crippen LogP contribution in [-0.2, 0) is 4.79 Å². The number of amides is 3. The number of imide groups is 1. The lowest BCUT2D eigenvalue weighted by molar-refractivity contribution is -0.124. The summed E-state index contributed by atoms with van der Waals surface area (Å²) in [4.78, 5) is 27.5. The van der Waals surface area contributed by atoms with E-state index in [2.05, 4.69) is 31.4 Å². The zero-order chi connectivity index (χ0) is 16.3. The number of halogens is 1. The molecule has 4 rings (SSSR count). The van der Waals surface area contributed by atoms with Crippen LogP contribution in [0.5, 0.6) is 0 Å². The number of carbonyl (C=O) groups is 2. The van der Waals surface area contributed by atoms with Crippen LogP contribution in [0.1, 0.15) is 6.17 Å². The highest BCUT2D eigenvalue weighted by Crippen LogP contribution is 2.39. The van der Waals surface area contributed by atoms with Gasteiger partial charge >= 0.3 is 6.03 Å². The molecule has 3 heterocycles. The van der Waals surface area contributed by atoms with Gasteiger partial charge in [0.1, 0.15) is 6.17 Å². The first kappa shape index (κ1) is 14.2. The van der Waals surface area contributed by atoms with Gasteiger partial charge in [-0.2, -0.15) is 0 Å². The average molecular weight is 377 g/mol. The standard InChI is InChI=1S/C14H13BrN6O2/c1-19-9-11(22)16-14(23)20(2)12(9)21-10(17-18-13(19)21)7-3-5-8(15)6-4-7/h3-6,9,12H,1-2H3,(H,16,22,23). The summed E-state index contributed by atoms with van der Waals surface area (Å²) in [6.45, 7) is 0. The van der Waals surface area contributed by atoms with Crippen molar-refractivity contribution in [2.24, 2.45) is 0 Å². The third-order valence-corrected chi connectivity index (χ3v) is 4.80. The summed E-state index contributed by atoms with van der Waals surface area (Å²) in [6.07, 6.45) is -0.468. The van der Waals surface area contributed by atoms with Crippen LogP contribution >= 0.6 is 15.9 Å². The van der Waals surface area contributed by atoms with Gasteiger partial charge in [0.15, 0.2) is 11.9 Å². The second kappa shape index (κ2) is 4.79. The molecule has 8 nitrogen and oxygen atoms in total. The molecule has 0 spiro atoms. The van der Waals surface area contributed by atoms with Gasteiger partial charge in [0.05, 0.1) is 0 Å². The maximum absolute atomic E-state index is 12.2. The Hall–Kier alpha value is -2.42. The van der Waals surface area contributed by atoms with Gasteiger partial charge in [0.2, 0.25) is 5.95 Å². The molecule has 2 unspecified atom stereocenters. The number of nitrogens with zero attached hydrogens (tertiary/aromatic N) is 5. The summed E-state index contributed by atoms with van der Waals surface area (Å²) in [5.41, 5.74) is 0.868. The Kier molecular flexibility index (Phi) is 2.95. The minimum Gasteiger partial charge on any atom is -0.328 e. The molecule has 1 saturated heterocycles. The Morgan fingerprint density at radius 2 is 1.78 bits per heavy atom. The molecule has 3 amide bonds. The summed E-state index contributed by atoms with van der Waals surface area (Å²) < 4.78 is 2.80. The second-order valence-electron chi connectivity index (χ2n) is 5.58. The zero-order valence-corrected chi connectivity index (χ0v) is 14.0. The van der Waals surface area contributed by atoms with E-state index < -0.39 is 18.2 Å². The molecule has 2 aromatic rings. The van der Waals surface area contributed by atoms with Gasteiger partial charge in [0.25, 0.3) is 5.91 Å². The summed E-state index contributed by atoms with van der Waals surface area (Å²) in [7, 11) is 3.44. The van der Waals surface area contributed by atoms with Crippen molar-refractivity contribution >= 4 is 33.8 Å². The summed E-state index contributed by atoms with van der Waals surface area (Å²) in [5.74, 6) is 0.865. The van der Waals surface area contributed by atoms with Crippen LogP contribution in [0, 0.1) is 0 Å². The third kappa shape index (κ3) is 1.89. The van der Waals surface area contributed by atoms with Gasteiger partial charge in [0, 0.05) is 24.1 Å². The minimum atomic E-state index is -0.516. The molecule has 0 radical (unpaired) electrons. The molecular formula is C14H13BrN6O2. The molecule has 1 aromatic carbocycles. The highest BCUT2D eigenvalue weighted by molar-refractivity contribution is 9.10. The first-order valence-electron chi connectivity index (χ1n) is 7.00. The lowest BCUT2D eigenvalue weighted by Crippen LogP contribution is -2.60. The van der Waals surface area contributed by atoms with Crippen molar-refractivity contribution in [2.45, 2.75) is 12.2 Å². The van der Waals surface area contributed by atoms with Gasteiger partial charge in [-0.1, -0.05) is 28.1 Å². The van der Waals surface area contributed by atoms with Crippen LogP contribution in [0.4, 0.5) is 10.7 Å². The van der Waals surface area contributed by atoms with E-state index in [1.165, 1.54) is 4.90 Å². The van der Waals surface area contributed by atoms with E-state index in [4.69, 9.17) is 0 Å². The molecule has 0 aliphatic carbocycles. The molecule has 2 aliphatic heterocycles. The molecule has 1 N–H and O–H groups in total. The number of likely N-dealkylation sites (N-methyl/N-ethyl adjacent to an activating group) is 2. The lowest BCUT2D eigenvalue weighted by atomic mass is 10.1. The maximum atomic E-state index is 12.2. The SMILES string of the molecule is CN1C(=O)NC(=O)C2C1n1c(-c3ccc(Br)cc3)nnc1N2C. The van der Waals surface area contributed by atoms with E-state index in [1.807, 2.05) is 28.8 Å². The van der Waals surface area contributed by atoms with Gasteiger partial charge in [-0.3, -0.25) is 14.7 Å². The molecule has 2 aliphatic rings. The van der Waals surface area contributed by atoms with Crippen molar-refractivity contribution in [2.75, 3.05) is 19.0 Å². The highest BCUT2D eigenvalue weighted by Gasteiger charge is 2.51. The summed E-state index contributed by atoms with van der Waals surface area (Å²) >= 11 is 3.40. The van der Waals surface area contributed by atoms with Gasteiger partial charge in [-0.05, 0) is 12.1 Å². The van der Waals surface area contributed by atoms with E-state index in [9.17, 15) is 9.59 Å². The lowest BCUT2D eigenvalue weighted by Gasteiger charge is -2.36. The van der Waals surface area contributed by atoms with Crippen LogP contribution < -0.4 is 10.2 Å². The molecule has 118 valence electrons. The van der Waals surface area contributed by atoms with Crippen molar-refractivity contribution < 1.29 is 9.59 Å². The number of hydrogen-bond acceptors (Lipinski definition) is 5. The van der Waals surface area contributed by atoms with E-state index in [0.29, 0.717) is 11.8 Å². The zero-order valence-electron chi connectivity index (χ0n) is 12.4. The monoisotopic (exact) mass is 376 g/mol. The predicted octanol–water partition coefficient (Wildman–Crippen LogP) is 1.21. The smallest absolute Gasteiger partial charge is 0.325 e. The van der Waals surface area contributed by atoms with Crippen molar-refractivity contribution in [3.05, 3.63) is 28.7 Å². The molecule has 0 saturated carbocycles. The largest absolute Gasteiger partial charge is 0.328 e. The Balaban J connectivity index is 1.88. The Bertz CT molecular complexity index is 817. The molecular weight excluding hydrogens is 364 g/mol. The van der Waals surface area contributed by atoms with Crippen LogP contribution in [-0.4, -0.2) is 51.7 Å². The van der Waals surface area contributed by atoms with E-state index in [0.717, 1.165) is 10.0 Å². The Labute approximate surface area is 140 Å². The van der Waals surface area contributed by atoms with Crippen LogP contribution in [0.3, 0.4) is 0 Å². The van der Waals surface area contributed by atoms with E-state index in [-0.39, 0.29) is 5.91 Å². The number of rotatable bonds is 1. The summed E-state index contributed by atoms with van der Waals surface area (Å²) in [6, 6.07) is 6.72. The van der Waals surface area contributed by atoms with E-state index >= 15 is 0 Å². The third-order valence-electron chi connectivity index (χ3n) is 4.28.